The quantitative estimate of drug-likeness (QED) is 0.273. The number of nitrogens with two attached hydrogens (primary N) is 1. The number of fused-ring (bicyclic) bond motifs is 3. The topological polar surface area (TPSA) is 172 Å². The van der Waals surface area contributed by atoms with Gasteiger partial charge in [0.15, 0.2) is 12.6 Å². The number of carboxylic acids is 1. The molecule has 222 valence electrons. The van der Waals surface area contributed by atoms with Crippen LogP contribution in [0.3, 0.4) is 0 Å². The molecule has 0 spiro atoms. The molecule has 10 nitrogen and oxygen atoms in total. The molecule has 2 bridgehead atoms. The van der Waals surface area contributed by atoms with E-state index in [0.717, 1.165) is 57.8 Å². The lowest BCUT2D eigenvalue weighted by Crippen LogP contribution is -2.67. The first-order chi connectivity index (χ1) is 18.4. The van der Waals surface area contributed by atoms with Crippen LogP contribution in [0.25, 0.3) is 0 Å². The van der Waals surface area contributed by atoms with Crippen LogP contribution in [0, 0.1) is 40.4 Å². The molecule has 2 aliphatic heterocycles. The van der Waals surface area contributed by atoms with E-state index in [1.807, 2.05) is 0 Å². The van der Waals surface area contributed by atoms with E-state index in [4.69, 9.17) is 19.9 Å². The number of rotatable bonds is 5. The Hall–Kier alpha value is -0.850. The lowest BCUT2D eigenvalue weighted by Gasteiger charge is -2.67. The Bertz CT molecular complexity index is 950. The summed E-state index contributed by atoms with van der Waals surface area (Å²) >= 11 is 0. The standard InChI is InChI=1S/C29H47NO9/c1-27-8-5-15(37-26-24(35)22(30)23(34)20(13-31)38-26)11-14(27)3-4-19-18(27)6-9-28(2)17-7-10-29(19,28)39-25(36)16(17)12-21(32)33/h14-20,22-26,31,34-36H,3-13,30H2,1-2H3,(H,32,33)/t14-,15+,16+,17-,18+,19-,20+,22-,23+,24-,25+,26-,27+,28-,29+/m1/s1. The largest absolute Gasteiger partial charge is 0.481 e. The second kappa shape index (κ2) is 9.87. The van der Waals surface area contributed by atoms with Gasteiger partial charge < -0.3 is 45.5 Å². The van der Waals surface area contributed by atoms with Crippen molar-refractivity contribution < 1.29 is 44.5 Å². The molecule has 7 N–H and O–H groups in total. The third kappa shape index (κ3) is 4.07. The minimum absolute atomic E-state index is 0.0465. The van der Waals surface area contributed by atoms with Gasteiger partial charge in [0.25, 0.3) is 0 Å². The fraction of sp³-hybridized carbons (Fsp3) is 0.966. The van der Waals surface area contributed by atoms with Gasteiger partial charge in [0, 0.05) is 11.3 Å². The molecule has 10 heteroatoms. The van der Waals surface area contributed by atoms with Crippen LogP contribution in [-0.2, 0) is 19.0 Å². The van der Waals surface area contributed by atoms with Crippen molar-refractivity contribution in [3.8, 4) is 0 Å². The maximum Gasteiger partial charge on any atom is 0.303 e. The average Bonchev–Trinajstić information content (AvgIpc) is 3.10. The normalized spacial score (nSPS) is 56.8. The number of ether oxygens (including phenoxy) is 3. The molecule has 6 fully saturated rings. The highest BCUT2D eigenvalue weighted by Gasteiger charge is 2.72. The molecule has 0 aromatic rings. The van der Waals surface area contributed by atoms with Crippen molar-refractivity contribution in [2.45, 2.75) is 127 Å². The molecule has 0 aromatic heterocycles. The average molecular weight is 554 g/mol. The lowest BCUT2D eigenvalue weighted by atomic mass is 9.42. The third-order valence-electron chi connectivity index (χ3n) is 12.7. The summed E-state index contributed by atoms with van der Waals surface area (Å²) in [6.45, 7) is 4.33. The zero-order chi connectivity index (χ0) is 27.9. The van der Waals surface area contributed by atoms with Gasteiger partial charge in [0.2, 0.25) is 0 Å². The molecule has 6 aliphatic rings. The van der Waals surface area contributed by atoms with E-state index in [1.54, 1.807) is 0 Å². The van der Waals surface area contributed by atoms with Crippen LogP contribution in [0.15, 0.2) is 0 Å². The molecular weight excluding hydrogens is 506 g/mol. The van der Waals surface area contributed by atoms with Crippen LogP contribution < -0.4 is 5.73 Å². The molecular formula is C29H47NO9. The van der Waals surface area contributed by atoms with Crippen molar-refractivity contribution in [1.82, 2.24) is 0 Å². The summed E-state index contributed by atoms with van der Waals surface area (Å²) in [5, 5.41) is 50.9. The van der Waals surface area contributed by atoms with Crippen molar-refractivity contribution in [3.63, 3.8) is 0 Å². The first-order valence-corrected chi connectivity index (χ1v) is 15.1. The van der Waals surface area contributed by atoms with Gasteiger partial charge in [-0.05, 0) is 86.9 Å². The maximum atomic E-state index is 11.6. The first-order valence-electron chi connectivity index (χ1n) is 15.1. The summed E-state index contributed by atoms with van der Waals surface area (Å²) in [7, 11) is 0. The van der Waals surface area contributed by atoms with E-state index >= 15 is 0 Å². The Balaban J connectivity index is 1.17. The van der Waals surface area contributed by atoms with Crippen LogP contribution in [-0.4, -0.2) is 86.7 Å². The highest BCUT2D eigenvalue weighted by molar-refractivity contribution is 5.67. The molecule has 2 saturated heterocycles. The Morgan fingerprint density at radius 1 is 0.974 bits per heavy atom. The molecule has 6 rings (SSSR count). The van der Waals surface area contributed by atoms with Crippen molar-refractivity contribution >= 4 is 5.97 Å². The summed E-state index contributed by atoms with van der Waals surface area (Å²) in [6, 6.07) is -0.947. The van der Waals surface area contributed by atoms with Crippen molar-refractivity contribution in [2.75, 3.05) is 6.61 Å². The Labute approximate surface area is 230 Å². The second-order valence-electron chi connectivity index (χ2n) is 14.1. The van der Waals surface area contributed by atoms with E-state index in [0.29, 0.717) is 17.8 Å². The molecule has 0 unspecified atom stereocenters. The van der Waals surface area contributed by atoms with Crippen molar-refractivity contribution in [3.05, 3.63) is 0 Å². The summed E-state index contributed by atoms with van der Waals surface area (Å²) in [5.74, 6) is 0.193. The predicted molar refractivity (Wildman–Crippen MR) is 138 cm³/mol. The van der Waals surface area contributed by atoms with E-state index in [9.17, 15) is 30.3 Å². The van der Waals surface area contributed by atoms with E-state index in [2.05, 4.69) is 13.8 Å². The van der Waals surface area contributed by atoms with Gasteiger partial charge >= 0.3 is 5.97 Å². The zero-order valence-corrected chi connectivity index (χ0v) is 23.2. The van der Waals surface area contributed by atoms with Gasteiger partial charge in [-0.2, -0.15) is 0 Å². The Kier molecular flexibility index (Phi) is 7.15. The van der Waals surface area contributed by atoms with E-state index in [-0.39, 0.29) is 35.2 Å². The van der Waals surface area contributed by atoms with Crippen molar-refractivity contribution in [1.29, 1.82) is 0 Å². The lowest BCUT2D eigenvalue weighted by molar-refractivity contribution is -0.334. The van der Waals surface area contributed by atoms with Gasteiger partial charge in [0.1, 0.15) is 18.3 Å². The van der Waals surface area contributed by atoms with Crippen molar-refractivity contribution in [2.24, 2.45) is 46.2 Å². The summed E-state index contributed by atoms with van der Waals surface area (Å²) in [4.78, 5) is 11.6. The second-order valence-corrected chi connectivity index (χ2v) is 14.1. The van der Waals surface area contributed by atoms with Crippen LogP contribution in [0.2, 0.25) is 0 Å². The molecule has 4 saturated carbocycles. The molecule has 2 heterocycles. The van der Waals surface area contributed by atoms with Gasteiger partial charge in [-0.3, -0.25) is 4.79 Å². The molecule has 39 heavy (non-hydrogen) atoms. The predicted octanol–water partition coefficient (Wildman–Crippen LogP) is 1.36. The molecule has 0 amide bonds. The SMILES string of the molecule is C[C@]12CC[C@H](O[C@@H]3O[C@@H](CO)[C@H](O)[C@@H](N)[C@H]3O)C[C@H]1CC[C@@H]1[C@@H]2CC[C@]2(C)[C@@H]3CC[C@]12O[C@H](O)[C@H]3CC(=O)O. The number of aliphatic carboxylic acids is 1. The Morgan fingerprint density at radius 3 is 2.44 bits per heavy atom. The summed E-state index contributed by atoms with van der Waals surface area (Å²) < 4.78 is 18.6. The highest BCUT2D eigenvalue weighted by Crippen LogP contribution is 2.73. The number of aliphatic hydroxyl groups excluding tert-OH is 4. The first kappa shape index (κ1) is 28.3. The van der Waals surface area contributed by atoms with Crippen LogP contribution >= 0.6 is 0 Å². The van der Waals surface area contributed by atoms with Gasteiger partial charge in [-0.1, -0.05) is 13.8 Å². The minimum Gasteiger partial charge on any atom is -0.481 e. The number of carbonyl (C=O) groups is 1. The smallest absolute Gasteiger partial charge is 0.303 e. The number of aliphatic hydroxyl groups is 4. The number of carboxylic acid groups (broad SMARTS) is 1. The fourth-order valence-electron chi connectivity index (χ4n) is 10.7. The molecule has 4 aliphatic carbocycles. The van der Waals surface area contributed by atoms with Crippen LogP contribution in [0.4, 0.5) is 0 Å². The number of hydrogen-bond donors (Lipinski definition) is 6. The monoisotopic (exact) mass is 553 g/mol. The molecule has 15 atom stereocenters. The Morgan fingerprint density at radius 2 is 1.72 bits per heavy atom. The van der Waals surface area contributed by atoms with Gasteiger partial charge in [0.05, 0.1) is 30.8 Å². The highest BCUT2D eigenvalue weighted by atomic mass is 16.7. The van der Waals surface area contributed by atoms with Gasteiger partial charge in [-0.15, -0.1) is 0 Å². The van der Waals surface area contributed by atoms with Gasteiger partial charge in [-0.25, -0.2) is 0 Å². The van der Waals surface area contributed by atoms with Crippen LogP contribution in [0.5, 0.6) is 0 Å². The van der Waals surface area contributed by atoms with E-state index < -0.39 is 55.1 Å². The summed E-state index contributed by atoms with van der Waals surface area (Å²) in [5.41, 5.74) is 5.59. The fourth-order valence-corrected chi connectivity index (χ4v) is 10.7. The number of hydrogen-bond acceptors (Lipinski definition) is 9. The maximum absolute atomic E-state index is 11.6. The third-order valence-corrected chi connectivity index (χ3v) is 12.7. The minimum atomic E-state index is -1.17. The zero-order valence-electron chi connectivity index (χ0n) is 23.2. The molecule has 0 aromatic carbocycles. The molecule has 0 radical (unpaired) electrons. The van der Waals surface area contributed by atoms with Crippen LogP contribution in [0.1, 0.15) is 78.1 Å². The summed E-state index contributed by atoms with van der Waals surface area (Å²) in [6.07, 6.45) is 3.23. The van der Waals surface area contributed by atoms with E-state index in [1.165, 1.54) is 0 Å².